The van der Waals surface area contributed by atoms with Gasteiger partial charge in [0.25, 0.3) is 0 Å². The Kier molecular flexibility index (Phi) is 3.19. The molecule has 4 aliphatic rings. The van der Waals surface area contributed by atoms with Crippen LogP contribution in [-0.2, 0) is 6.42 Å². The predicted molar refractivity (Wildman–Crippen MR) is 99.9 cm³/mol. The van der Waals surface area contributed by atoms with E-state index in [9.17, 15) is 4.91 Å². The molecule has 1 aromatic heterocycles. The summed E-state index contributed by atoms with van der Waals surface area (Å²) in [4.78, 5) is 11.8. The van der Waals surface area contributed by atoms with Crippen molar-refractivity contribution < 1.29 is 4.52 Å². The average molecular weight is 350 g/mol. The van der Waals surface area contributed by atoms with Crippen molar-refractivity contribution >= 4 is 6.08 Å². The number of aromatic nitrogens is 1. The topological polar surface area (TPSA) is 55.5 Å². The molecule has 0 amide bonds. The molecule has 4 nitrogen and oxygen atoms in total. The minimum atomic E-state index is -0.798. The van der Waals surface area contributed by atoms with E-state index < -0.39 is 5.54 Å². The molecule has 1 heterocycles. The van der Waals surface area contributed by atoms with Gasteiger partial charge in [0.1, 0.15) is 0 Å². The zero-order valence-corrected chi connectivity index (χ0v) is 15.6. The molecule has 5 rings (SSSR count). The molecular formula is C22H26N2O2. The molecule has 0 saturated heterocycles. The monoisotopic (exact) mass is 350 g/mol. The van der Waals surface area contributed by atoms with Crippen LogP contribution in [0, 0.1) is 45.8 Å². The zero-order valence-electron chi connectivity index (χ0n) is 15.6. The van der Waals surface area contributed by atoms with Gasteiger partial charge in [0, 0.05) is 11.0 Å². The highest BCUT2D eigenvalue weighted by Crippen LogP contribution is 2.68. The minimum absolute atomic E-state index is 0.140. The third-order valence-electron chi connectivity index (χ3n) is 8.82. The van der Waals surface area contributed by atoms with Gasteiger partial charge in [-0.05, 0) is 79.4 Å². The Bertz CT molecular complexity index is 849. The van der Waals surface area contributed by atoms with Gasteiger partial charge in [0.2, 0.25) is 0 Å². The normalized spacial score (nSPS) is 46.2. The lowest BCUT2D eigenvalue weighted by atomic mass is 9.46. The van der Waals surface area contributed by atoms with Gasteiger partial charge in [-0.1, -0.05) is 30.5 Å². The first-order valence-electron chi connectivity index (χ1n) is 9.94. The second kappa shape index (κ2) is 5.09. The van der Waals surface area contributed by atoms with E-state index in [1.54, 1.807) is 0 Å². The van der Waals surface area contributed by atoms with Crippen LogP contribution in [0.2, 0.25) is 0 Å². The molecule has 3 saturated carbocycles. The molecule has 136 valence electrons. The molecule has 4 aliphatic carbocycles. The van der Waals surface area contributed by atoms with Crippen LogP contribution in [0.5, 0.6) is 0 Å². The molecule has 3 fully saturated rings. The van der Waals surface area contributed by atoms with Gasteiger partial charge >= 0.3 is 0 Å². The van der Waals surface area contributed by atoms with Crippen molar-refractivity contribution in [3.63, 3.8) is 0 Å². The van der Waals surface area contributed by atoms with Crippen LogP contribution in [0.15, 0.2) is 21.5 Å². The van der Waals surface area contributed by atoms with Crippen LogP contribution < -0.4 is 0 Å². The molecule has 0 N–H and O–H groups in total. The summed E-state index contributed by atoms with van der Waals surface area (Å²) in [6.07, 6.45) is 17.2. The number of hydrogen-bond acceptors (Lipinski definition) is 4. The number of rotatable bonds is 1. The quantitative estimate of drug-likeness (QED) is 0.529. The summed E-state index contributed by atoms with van der Waals surface area (Å²) < 4.78 is 5.43. The zero-order chi connectivity index (χ0) is 18.2. The molecule has 6 atom stereocenters. The third-order valence-corrected chi connectivity index (χ3v) is 8.82. The summed E-state index contributed by atoms with van der Waals surface area (Å²) in [6, 6.07) is 0. The first-order valence-corrected chi connectivity index (χ1v) is 9.94. The van der Waals surface area contributed by atoms with Crippen LogP contribution in [0.4, 0.5) is 0 Å². The van der Waals surface area contributed by atoms with Gasteiger partial charge in [-0.3, -0.25) is 0 Å². The van der Waals surface area contributed by atoms with Gasteiger partial charge in [-0.15, -0.1) is 11.3 Å². The number of terminal acetylenes is 1. The smallest absolute Gasteiger partial charge is 0.168 e. The summed E-state index contributed by atoms with van der Waals surface area (Å²) in [5, 5.41) is 7.55. The number of nitrogens with zero attached hydrogens (tertiary/aromatic N) is 2. The molecule has 0 aliphatic heterocycles. The van der Waals surface area contributed by atoms with Crippen LogP contribution in [0.25, 0.3) is 6.08 Å². The summed E-state index contributed by atoms with van der Waals surface area (Å²) in [5.74, 6) is 5.57. The maximum absolute atomic E-state index is 11.8. The van der Waals surface area contributed by atoms with Crippen molar-refractivity contribution in [2.75, 3.05) is 0 Å². The Morgan fingerprint density at radius 2 is 2.08 bits per heavy atom. The highest BCUT2D eigenvalue weighted by atomic mass is 16.5. The molecule has 26 heavy (non-hydrogen) atoms. The summed E-state index contributed by atoms with van der Waals surface area (Å²) in [7, 11) is 0. The van der Waals surface area contributed by atoms with Crippen molar-refractivity contribution in [2.45, 2.75) is 64.3 Å². The maximum Gasteiger partial charge on any atom is 0.168 e. The van der Waals surface area contributed by atoms with Crippen molar-refractivity contribution in [1.82, 2.24) is 5.16 Å². The fourth-order valence-corrected chi connectivity index (χ4v) is 7.31. The molecule has 0 spiro atoms. The number of allylic oxidation sites excluding steroid dienone is 1. The molecule has 4 heteroatoms. The van der Waals surface area contributed by atoms with Crippen molar-refractivity contribution in [2.24, 2.45) is 33.8 Å². The molecule has 1 aromatic rings. The SMILES string of the molecule is C#C[C@]1(N=O)CCC2C3CCC4=Cc5oncc5C[C@]4(C)C3CC[C@@]21C. The lowest BCUT2D eigenvalue weighted by molar-refractivity contribution is -0.0438. The summed E-state index contributed by atoms with van der Waals surface area (Å²) >= 11 is 0. The van der Waals surface area contributed by atoms with Gasteiger partial charge in [0.15, 0.2) is 11.3 Å². The fraction of sp³-hybridized carbons (Fsp3) is 0.682. The van der Waals surface area contributed by atoms with E-state index in [0.717, 1.165) is 44.3 Å². The Hall–Kier alpha value is -1.89. The first-order chi connectivity index (χ1) is 12.5. The molecule has 0 bridgehead atoms. The lowest BCUT2D eigenvalue weighted by Crippen LogP contribution is -2.54. The first kappa shape index (κ1) is 16.3. The van der Waals surface area contributed by atoms with E-state index in [0.29, 0.717) is 17.8 Å². The van der Waals surface area contributed by atoms with Crippen LogP contribution in [0.3, 0.4) is 0 Å². The molecule has 0 radical (unpaired) electrons. The van der Waals surface area contributed by atoms with E-state index in [4.69, 9.17) is 10.9 Å². The number of fused-ring (bicyclic) bond motifs is 6. The van der Waals surface area contributed by atoms with E-state index >= 15 is 0 Å². The minimum Gasteiger partial charge on any atom is -0.357 e. The second-order valence-corrected chi connectivity index (χ2v) is 9.49. The van der Waals surface area contributed by atoms with E-state index in [1.807, 2.05) is 6.20 Å². The van der Waals surface area contributed by atoms with Crippen LogP contribution in [-0.4, -0.2) is 10.7 Å². The standard InChI is InChI=1S/C22H26N2O2/c1-4-22(24-25)10-8-18-16-6-5-15-11-19-14(13-23-26-19)12-20(15,2)17(16)7-9-21(18,22)3/h1,11,13,16-18H,5-10,12H2,2-3H3/t16?,17?,18?,20-,21-,22-/m0/s1. The Balaban J connectivity index is 1.53. The van der Waals surface area contributed by atoms with E-state index in [-0.39, 0.29) is 10.8 Å². The highest BCUT2D eigenvalue weighted by Gasteiger charge is 2.65. The molecule has 0 aromatic carbocycles. The van der Waals surface area contributed by atoms with Crippen LogP contribution in [0.1, 0.15) is 63.7 Å². The average Bonchev–Trinajstić information content (AvgIpc) is 3.20. The Morgan fingerprint density at radius 3 is 2.85 bits per heavy atom. The van der Waals surface area contributed by atoms with E-state index in [2.05, 4.69) is 36.2 Å². The van der Waals surface area contributed by atoms with Crippen molar-refractivity contribution in [3.8, 4) is 12.3 Å². The summed E-state index contributed by atoms with van der Waals surface area (Å²) in [6.45, 7) is 4.68. The van der Waals surface area contributed by atoms with E-state index in [1.165, 1.54) is 17.6 Å². The number of nitroso groups, excluding NO2 is 1. The summed E-state index contributed by atoms with van der Waals surface area (Å²) in [5.41, 5.74) is 2.01. The number of hydrogen-bond donors (Lipinski definition) is 0. The Labute approximate surface area is 154 Å². The predicted octanol–water partition coefficient (Wildman–Crippen LogP) is 5.00. The molecule has 3 unspecified atom stereocenters. The maximum atomic E-state index is 11.8. The largest absolute Gasteiger partial charge is 0.357 e. The van der Waals surface area contributed by atoms with Crippen LogP contribution >= 0.6 is 0 Å². The highest BCUT2D eigenvalue weighted by molar-refractivity contribution is 5.57. The van der Waals surface area contributed by atoms with Gasteiger partial charge in [0.05, 0.1) is 6.20 Å². The van der Waals surface area contributed by atoms with Gasteiger partial charge < -0.3 is 4.52 Å². The second-order valence-electron chi connectivity index (χ2n) is 9.49. The van der Waals surface area contributed by atoms with Crippen molar-refractivity contribution in [1.29, 1.82) is 0 Å². The van der Waals surface area contributed by atoms with Crippen molar-refractivity contribution in [3.05, 3.63) is 28.0 Å². The Morgan fingerprint density at radius 1 is 1.27 bits per heavy atom. The van der Waals surface area contributed by atoms with Gasteiger partial charge in [-0.25, -0.2) is 0 Å². The lowest BCUT2D eigenvalue weighted by Gasteiger charge is -2.58. The van der Waals surface area contributed by atoms with Gasteiger partial charge in [-0.2, -0.15) is 0 Å². The third kappa shape index (κ3) is 1.75. The fourth-order valence-electron chi connectivity index (χ4n) is 7.31. The molecular weight excluding hydrogens is 324 g/mol.